The highest BCUT2D eigenvalue weighted by atomic mass is 16.6. The summed E-state index contributed by atoms with van der Waals surface area (Å²) in [6.45, 7) is 9.26. The van der Waals surface area contributed by atoms with E-state index in [0.29, 0.717) is 5.75 Å². The summed E-state index contributed by atoms with van der Waals surface area (Å²) in [5.74, 6) is -0.418. The van der Waals surface area contributed by atoms with Gasteiger partial charge in [-0.3, -0.25) is 4.79 Å². The van der Waals surface area contributed by atoms with Gasteiger partial charge in [0.05, 0.1) is 13.7 Å². The Hall–Kier alpha value is -2.34. The molecule has 0 saturated heterocycles. The van der Waals surface area contributed by atoms with Crippen LogP contribution >= 0.6 is 0 Å². The van der Waals surface area contributed by atoms with Crippen molar-refractivity contribution in [3.63, 3.8) is 0 Å². The molecule has 0 spiro atoms. The number of carbonyl (C=O) groups excluding carboxylic acids is 2. The van der Waals surface area contributed by atoms with E-state index in [2.05, 4.69) is 11.9 Å². The number of ether oxygens (including phenoxy) is 3. The highest BCUT2D eigenvalue weighted by Gasteiger charge is 2.28. The molecule has 0 fully saturated rings. The average molecular weight is 349 g/mol. The number of para-hydroxylation sites is 1. The largest absolute Gasteiger partial charge is 0.496 e. The predicted octanol–water partition coefficient (Wildman–Crippen LogP) is 2.47. The van der Waals surface area contributed by atoms with Gasteiger partial charge in [-0.15, -0.1) is 6.58 Å². The molecule has 1 rings (SSSR count). The molecular weight excluding hydrogens is 322 g/mol. The molecule has 0 bridgehead atoms. The first-order valence-corrected chi connectivity index (χ1v) is 8.23. The first-order valence-electron chi connectivity index (χ1n) is 8.23. The van der Waals surface area contributed by atoms with E-state index in [0.717, 1.165) is 5.56 Å². The smallest absolute Gasteiger partial charge is 0.335 e. The van der Waals surface area contributed by atoms with E-state index in [1.807, 2.05) is 38.1 Å². The van der Waals surface area contributed by atoms with Crippen LogP contribution in [0, 0.1) is 5.92 Å². The quantitative estimate of drug-likeness (QED) is 0.519. The molecule has 2 unspecified atom stereocenters. The monoisotopic (exact) mass is 349 g/mol. The number of methoxy groups -OCH3 is 1. The molecule has 2 atom stereocenters. The second-order valence-electron chi connectivity index (χ2n) is 5.90. The molecule has 1 aromatic carbocycles. The van der Waals surface area contributed by atoms with E-state index in [-0.39, 0.29) is 25.0 Å². The third-order valence-corrected chi connectivity index (χ3v) is 3.55. The van der Waals surface area contributed by atoms with E-state index in [9.17, 15) is 9.59 Å². The maximum atomic E-state index is 12.4. The van der Waals surface area contributed by atoms with Gasteiger partial charge < -0.3 is 19.5 Å². The minimum Gasteiger partial charge on any atom is -0.496 e. The van der Waals surface area contributed by atoms with Gasteiger partial charge in [0.15, 0.2) is 12.2 Å². The lowest BCUT2D eigenvalue weighted by atomic mass is 10.1. The Kier molecular flexibility index (Phi) is 8.70. The van der Waals surface area contributed by atoms with E-state index >= 15 is 0 Å². The summed E-state index contributed by atoms with van der Waals surface area (Å²) in [4.78, 5) is 24.5. The van der Waals surface area contributed by atoms with Crippen molar-refractivity contribution < 1.29 is 23.8 Å². The van der Waals surface area contributed by atoms with E-state index < -0.39 is 18.2 Å². The Bertz CT molecular complexity index is 585. The van der Waals surface area contributed by atoms with Gasteiger partial charge in [-0.25, -0.2) is 4.79 Å². The molecule has 138 valence electrons. The molecule has 6 heteroatoms. The van der Waals surface area contributed by atoms with E-state index in [4.69, 9.17) is 14.2 Å². The molecule has 0 aliphatic rings. The Labute approximate surface area is 149 Å². The van der Waals surface area contributed by atoms with Crippen LogP contribution in [0.15, 0.2) is 36.9 Å². The molecule has 0 aliphatic heterocycles. The van der Waals surface area contributed by atoms with Crippen molar-refractivity contribution in [2.75, 3.05) is 13.7 Å². The fraction of sp³-hybridized carbons (Fsp3) is 0.474. The third kappa shape index (κ3) is 6.58. The van der Waals surface area contributed by atoms with Crippen LogP contribution in [0.1, 0.15) is 26.3 Å². The van der Waals surface area contributed by atoms with Crippen LogP contribution in [0.25, 0.3) is 0 Å². The fourth-order valence-corrected chi connectivity index (χ4v) is 2.13. The maximum Gasteiger partial charge on any atom is 0.335 e. The number of rotatable bonds is 10. The standard InChI is InChI=1S/C19H27NO5/c1-6-11-24-14(4)19(22)25-17(13(2)3)18(21)20-12-15-9-7-8-10-16(15)23-5/h6-10,13-14,17H,1,11-12H2,2-5H3,(H,20,21). The van der Waals surface area contributed by atoms with Gasteiger partial charge in [-0.1, -0.05) is 38.1 Å². The number of carbonyl (C=O) groups is 2. The van der Waals surface area contributed by atoms with Crippen LogP contribution in [-0.4, -0.2) is 37.8 Å². The fourth-order valence-electron chi connectivity index (χ4n) is 2.13. The number of nitrogens with one attached hydrogen (secondary N) is 1. The van der Waals surface area contributed by atoms with Gasteiger partial charge in [-0.2, -0.15) is 0 Å². The van der Waals surface area contributed by atoms with Crippen molar-refractivity contribution in [3.8, 4) is 5.75 Å². The molecule has 1 aromatic rings. The van der Waals surface area contributed by atoms with Crippen molar-refractivity contribution in [2.45, 2.75) is 39.5 Å². The summed E-state index contributed by atoms with van der Waals surface area (Å²) in [7, 11) is 1.57. The van der Waals surface area contributed by atoms with Crippen molar-refractivity contribution >= 4 is 11.9 Å². The molecule has 1 amide bonds. The van der Waals surface area contributed by atoms with Crippen LogP contribution in [0.2, 0.25) is 0 Å². The lowest BCUT2D eigenvalue weighted by molar-refractivity contribution is -0.168. The molecule has 0 heterocycles. The number of esters is 1. The summed E-state index contributed by atoms with van der Waals surface area (Å²) >= 11 is 0. The SMILES string of the molecule is C=CCOC(C)C(=O)OC(C(=O)NCc1ccccc1OC)C(C)C. The molecule has 25 heavy (non-hydrogen) atoms. The Balaban J connectivity index is 2.67. The number of hydrogen-bond acceptors (Lipinski definition) is 5. The third-order valence-electron chi connectivity index (χ3n) is 3.55. The average Bonchev–Trinajstić information content (AvgIpc) is 2.61. The zero-order chi connectivity index (χ0) is 18.8. The minimum absolute atomic E-state index is 0.173. The van der Waals surface area contributed by atoms with Crippen LogP contribution in [0.3, 0.4) is 0 Å². The molecule has 0 saturated carbocycles. The van der Waals surface area contributed by atoms with Gasteiger partial charge in [-0.05, 0) is 18.9 Å². The predicted molar refractivity (Wildman–Crippen MR) is 95.2 cm³/mol. The molecule has 0 aliphatic carbocycles. The number of amides is 1. The van der Waals surface area contributed by atoms with Crippen LogP contribution in [0.4, 0.5) is 0 Å². The van der Waals surface area contributed by atoms with E-state index in [1.54, 1.807) is 20.1 Å². The molecule has 0 aromatic heterocycles. The summed E-state index contributed by atoms with van der Waals surface area (Å²) in [6.07, 6.45) is -0.109. The van der Waals surface area contributed by atoms with Crippen molar-refractivity contribution in [1.29, 1.82) is 0 Å². The summed E-state index contributed by atoms with van der Waals surface area (Å²) in [6, 6.07) is 7.40. The first-order chi connectivity index (χ1) is 11.9. The second-order valence-corrected chi connectivity index (χ2v) is 5.90. The topological polar surface area (TPSA) is 73.9 Å². The number of benzene rings is 1. The van der Waals surface area contributed by atoms with Gasteiger partial charge in [0, 0.05) is 12.1 Å². The normalized spacial score (nSPS) is 13.0. The zero-order valence-electron chi connectivity index (χ0n) is 15.3. The highest BCUT2D eigenvalue weighted by Crippen LogP contribution is 2.17. The second kappa shape index (κ2) is 10.5. The first kappa shape index (κ1) is 20.7. The van der Waals surface area contributed by atoms with Crippen LogP contribution in [-0.2, 0) is 25.6 Å². The van der Waals surface area contributed by atoms with Gasteiger partial charge in [0.2, 0.25) is 0 Å². The van der Waals surface area contributed by atoms with Crippen LogP contribution in [0.5, 0.6) is 5.75 Å². The van der Waals surface area contributed by atoms with Gasteiger partial charge >= 0.3 is 5.97 Å². The Morgan fingerprint density at radius 1 is 1.24 bits per heavy atom. The molecule has 0 radical (unpaired) electrons. The molecular formula is C19H27NO5. The maximum absolute atomic E-state index is 12.4. The minimum atomic E-state index is -0.892. The Morgan fingerprint density at radius 2 is 1.92 bits per heavy atom. The summed E-state index contributed by atoms with van der Waals surface area (Å²) in [5, 5.41) is 2.79. The van der Waals surface area contributed by atoms with Crippen LogP contribution < -0.4 is 10.1 Å². The van der Waals surface area contributed by atoms with E-state index in [1.165, 1.54) is 0 Å². The van der Waals surface area contributed by atoms with Crippen molar-refractivity contribution in [1.82, 2.24) is 5.32 Å². The van der Waals surface area contributed by atoms with Crippen molar-refractivity contribution in [3.05, 3.63) is 42.5 Å². The van der Waals surface area contributed by atoms with Crippen molar-refractivity contribution in [2.24, 2.45) is 5.92 Å². The highest BCUT2D eigenvalue weighted by molar-refractivity contribution is 5.85. The zero-order valence-corrected chi connectivity index (χ0v) is 15.3. The van der Waals surface area contributed by atoms with Gasteiger partial charge in [0.1, 0.15) is 5.75 Å². The Morgan fingerprint density at radius 3 is 2.52 bits per heavy atom. The number of hydrogen-bond donors (Lipinski definition) is 1. The molecule has 6 nitrogen and oxygen atoms in total. The lowest BCUT2D eigenvalue weighted by Crippen LogP contribution is -2.42. The van der Waals surface area contributed by atoms with Gasteiger partial charge in [0.25, 0.3) is 5.91 Å². The lowest BCUT2D eigenvalue weighted by Gasteiger charge is -2.22. The summed E-state index contributed by atoms with van der Waals surface area (Å²) < 4.78 is 15.8. The summed E-state index contributed by atoms with van der Waals surface area (Å²) in [5.41, 5.74) is 0.842. The molecule has 1 N–H and O–H groups in total.